The molecule has 0 saturated carbocycles. The van der Waals surface area contributed by atoms with E-state index in [0.29, 0.717) is 0 Å². The number of carbonyl (C=O) groups excluding carboxylic acids is 1. The van der Waals surface area contributed by atoms with Gasteiger partial charge in [0.1, 0.15) is 17.4 Å². The minimum Gasteiger partial charge on any atom is -0.496 e. The highest BCUT2D eigenvalue weighted by molar-refractivity contribution is 6.01. The third-order valence-corrected chi connectivity index (χ3v) is 3.10. The number of nitriles is 1. The van der Waals surface area contributed by atoms with Gasteiger partial charge in [0.2, 0.25) is 0 Å². The maximum absolute atomic E-state index is 11.9. The van der Waals surface area contributed by atoms with Crippen LogP contribution in [0.15, 0.2) is 23.8 Å². The number of nitrogens with zero attached hydrogens (tertiary/aromatic N) is 1. The van der Waals surface area contributed by atoms with Gasteiger partial charge in [-0.3, -0.25) is 4.79 Å². The number of aryl methyl sites for hydroxylation is 1. The zero-order valence-corrected chi connectivity index (χ0v) is 12.4. The van der Waals surface area contributed by atoms with Gasteiger partial charge in [0.15, 0.2) is 0 Å². The number of nitrogens with one attached hydrogen (secondary N) is 1. The molecule has 0 saturated heterocycles. The Morgan fingerprint density at radius 2 is 2.25 bits per heavy atom. The number of amides is 1. The molecule has 0 aliphatic rings. The van der Waals surface area contributed by atoms with Gasteiger partial charge in [0.05, 0.1) is 7.11 Å². The van der Waals surface area contributed by atoms with Gasteiger partial charge in [0, 0.05) is 6.04 Å². The number of carbonyl (C=O) groups is 1. The van der Waals surface area contributed by atoms with Crippen LogP contribution < -0.4 is 10.1 Å². The van der Waals surface area contributed by atoms with Crippen LogP contribution in [0.2, 0.25) is 0 Å². The molecule has 1 aromatic carbocycles. The van der Waals surface area contributed by atoms with Crippen molar-refractivity contribution in [2.45, 2.75) is 33.2 Å². The second-order valence-corrected chi connectivity index (χ2v) is 4.68. The van der Waals surface area contributed by atoms with E-state index in [9.17, 15) is 4.79 Å². The summed E-state index contributed by atoms with van der Waals surface area (Å²) in [5, 5.41) is 11.9. The van der Waals surface area contributed by atoms with Crippen molar-refractivity contribution in [2.75, 3.05) is 7.11 Å². The third kappa shape index (κ3) is 4.13. The molecule has 0 radical (unpaired) electrons. The molecule has 1 aromatic rings. The Bertz CT molecular complexity index is 556. The predicted molar refractivity (Wildman–Crippen MR) is 79.2 cm³/mol. The fourth-order valence-electron chi connectivity index (χ4n) is 1.65. The molecule has 106 valence electrons. The van der Waals surface area contributed by atoms with E-state index < -0.39 is 0 Å². The highest BCUT2D eigenvalue weighted by Crippen LogP contribution is 2.20. The smallest absolute Gasteiger partial charge is 0.262 e. The first kappa shape index (κ1) is 15.8. The van der Waals surface area contributed by atoms with Gasteiger partial charge in [-0.25, -0.2) is 0 Å². The average molecular weight is 272 g/mol. The van der Waals surface area contributed by atoms with E-state index in [0.717, 1.165) is 23.3 Å². The van der Waals surface area contributed by atoms with Crippen LogP contribution in [-0.4, -0.2) is 19.1 Å². The summed E-state index contributed by atoms with van der Waals surface area (Å²) in [7, 11) is 1.59. The lowest BCUT2D eigenvalue weighted by atomic mass is 10.1. The zero-order valence-electron chi connectivity index (χ0n) is 12.4. The van der Waals surface area contributed by atoms with Crippen molar-refractivity contribution in [1.82, 2.24) is 5.32 Å². The molecular weight excluding hydrogens is 252 g/mol. The Balaban J connectivity index is 3.00. The van der Waals surface area contributed by atoms with Gasteiger partial charge in [-0.15, -0.1) is 0 Å². The average Bonchev–Trinajstić information content (AvgIpc) is 2.45. The van der Waals surface area contributed by atoms with Crippen molar-refractivity contribution < 1.29 is 9.53 Å². The molecule has 1 N–H and O–H groups in total. The predicted octanol–water partition coefficient (Wildman–Crippen LogP) is 2.83. The van der Waals surface area contributed by atoms with E-state index in [1.165, 1.54) is 0 Å². The fourth-order valence-corrected chi connectivity index (χ4v) is 1.65. The minimum absolute atomic E-state index is 0.0480. The van der Waals surface area contributed by atoms with Gasteiger partial charge < -0.3 is 10.1 Å². The second-order valence-electron chi connectivity index (χ2n) is 4.68. The van der Waals surface area contributed by atoms with Crippen molar-refractivity contribution in [3.05, 3.63) is 34.9 Å². The molecule has 0 unspecified atom stereocenters. The van der Waals surface area contributed by atoms with Crippen LogP contribution in [0.3, 0.4) is 0 Å². The normalized spacial score (nSPS) is 12.4. The van der Waals surface area contributed by atoms with E-state index >= 15 is 0 Å². The summed E-state index contributed by atoms with van der Waals surface area (Å²) in [6.45, 7) is 5.82. The largest absolute Gasteiger partial charge is 0.496 e. The molecular formula is C16H20N2O2. The molecule has 4 heteroatoms. The van der Waals surface area contributed by atoms with E-state index in [1.807, 2.05) is 45.0 Å². The van der Waals surface area contributed by atoms with E-state index in [1.54, 1.807) is 13.2 Å². The standard InChI is InChI=1S/C16H20N2O2/c1-5-12(3)18-16(19)14(10-17)8-13-7-6-11(2)15(9-13)20-4/h6-9,12H,5H2,1-4H3,(H,18,19)/b14-8+/t12-/m1/s1. The number of hydrogen-bond donors (Lipinski definition) is 1. The zero-order chi connectivity index (χ0) is 15.1. The Morgan fingerprint density at radius 1 is 1.55 bits per heavy atom. The van der Waals surface area contributed by atoms with Gasteiger partial charge in [0.25, 0.3) is 5.91 Å². The quantitative estimate of drug-likeness (QED) is 0.662. The van der Waals surface area contributed by atoms with Crippen LogP contribution in [0.4, 0.5) is 0 Å². The van der Waals surface area contributed by atoms with Crippen molar-refractivity contribution in [2.24, 2.45) is 0 Å². The lowest BCUT2D eigenvalue weighted by molar-refractivity contribution is -0.117. The van der Waals surface area contributed by atoms with Gasteiger partial charge in [-0.1, -0.05) is 19.1 Å². The first-order valence-electron chi connectivity index (χ1n) is 6.59. The van der Waals surface area contributed by atoms with E-state index in [-0.39, 0.29) is 17.5 Å². The molecule has 1 rings (SSSR count). The Kier molecular flexibility index (Phi) is 5.79. The molecule has 1 amide bonds. The third-order valence-electron chi connectivity index (χ3n) is 3.10. The Morgan fingerprint density at radius 3 is 2.80 bits per heavy atom. The highest BCUT2D eigenvalue weighted by Gasteiger charge is 2.11. The summed E-state index contributed by atoms with van der Waals surface area (Å²) in [6.07, 6.45) is 2.39. The highest BCUT2D eigenvalue weighted by atomic mass is 16.5. The van der Waals surface area contributed by atoms with Crippen LogP contribution in [0.5, 0.6) is 5.75 Å². The summed E-state index contributed by atoms with van der Waals surface area (Å²) in [4.78, 5) is 11.9. The summed E-state index contributed by atoms with van der Waals surface area (Å²) in [6, 6.07) is 7.54. The summed E-state index contributed by atoms with van der Waals surface area (Å²) in [5.74, 6) is 0.389. The molecule has 0 aromatic heterocycles. The molecule has 0 bridgehead atoms. The molecule has 1 atom stereocenters. The first-order chi connectivity index (χ1) is 9.51. The Hall–Kier alpha value is -2.28. The Labute approximate surface area is 120 Å². The van der Waals surface area contributed by atoms with Crippen LogP contribution in [-0.2, 0) is 4.79 Å². The minimum atomic E-state index is -0.346. The van der Waals surface area contributed by atoms with Crippen molar-refractivity contribution in [3.8, 4) is 11.8 Å². The van der Waals surface area contributed by atoms with E-state index in [4.69, 9.17) is 10.00 Å². The van der Waals surface area contributed by atoms with Crippen LogP contribution in [0, 0.1) is 18.3 Å². The number of hydrogen-bond acceptors (Lipinski definition) is 3. The van der Waals surface area contributed by atoms with Crippen molar-refractivity contribution >= 4 is 12.0 Å². The number of rotatable bonds is 5. The molecule has 20 heavy (non-hydrogen) atoms. The number of ether oxygens (including phenoxy) is 1. The number of methoxy groups -OCH3 is 1. The summed E-state index contributed by atoms with van der Waals surface area (Å²) in [5.41, 5.74) is 1.87. The first-order valence-corrected chi connectivity index (χ1v) is 6.59. The van der Waals surface area contributed by atoms with Gasteiger partial charge in [-0.2, -0.15) is 5.26 Å². The molecule has 0 aliphatic heterocycles. The molecule has 0 fully saturated rings. The molecule has 0 heterocycles. The van der Waals surface area contributed by atoms with Crippen molar-refractivity contribution in [1.29, 1.82) is 5.26 Å². The SMILES string of the molecule is CC[C@@H](C)NC(=O)/C(C#N)=C/c1ccc(C)c(OC)c1. The molecule has 4 nitrogen and oxygen atoms in total. The van der Waals surface area contributed by atoms with Crippen LogP contribution >= 0.6 is 0 Å². The van der Waals surface area contributed by atoms with Crippen LogP contribution in [0.1, 0.15) is 31.4 Å². The van der Waals surface area contributed by atoms with Gasteiger partial charge >= 0.3 is 0 Å². The monoisotopic (exact) mass is 272 g/mol. The maximum Gasteiger partial charge on any atom is 0.262 e. The second kappa shape index (κ2) is 7.34. The molecule has 0 aliphatic carbocycles. The maximum atomic E-state index is 11.9. The summed E-state index contributed by atoms with van der Waals surface area (Å²) < 4.78 is 5.23. The fraction of sp³-hybridized carbons (Fsp3) is 0.375. The lowest BCUT2D eigenvalue weighted by Crippen LogP contribution is -2.32. The van der Waals surface area contributed by atoms with E-state index in [2.05, 4.69) is 5.32 Å². The summed E-state index contributed by atoms with van der Waals surface area (Å²) >= 11 is 0. The van der Waals surface area contributed by atoms with Crippen molar-refractivity contribution in [3.63, 3.8) is 0 Å². The lowest BCUT2D eigenvalue weighted by Gasteiger charge is -2.10. The number of benzene rings is 1. The van der Waals surface area contributed by atoms with Gasteiger partial charge in [-0.05, 0) is 43.5 Å². The van der Waals surface area contributed by atoms with Crippen LogP contribution in [0.25, 0.3) is 6.08 Å². The topological polar surface area (TPSA) is 62.1 Å². The molecule has 0 spiro atoms.